The summed E-state index contributed by atoms with van der Waals surface area (Å²) in [5.41, 5.74) is 9.84. The lowest BCUT2D eigenvalue weighted by molar-refractivity contribution is -0.118. The van der Waals surface area contributed by atoms with Crippen LogP contribution in [0.25, 0.3) is 0 Å². The second-order valence-electron chi connectivity index (χ2n) is 9.67. The number of aromatic nitrogens is 3. The van der Waals surface area contributed by atoms with Gasteiger partial charge in [0.1, 0.15) is 6.54 Å². The van der Waals surface area contributed by atoms with E-state index < -0.39 is 17.0 Å². The first-order valence-electron chi connectivity index (χ1n) is 12.3. The van der Waals surface area contributed by atoms with Crippen LogP contribution < -0.4 is 16.4 Å². The highest BCUT2D eigenvalue weighted by molar-refractivity contribution is 6.31. The van der Waals surface area contributed by atoms with Crippen LogP contribution in [0, 0.1) is 0 Å². The zero-order chi connectivity index (χ0) is 26.4. The lowest BCUT2D eigenvalue weighted by Gasteiger charge is -2.27. The summed E-state index contributed by atoms with van der Waals surface area (Å²) >= 11 is 12.2. The van der Waals surface area contributed by atoms with Crippen molar-refractivity contribution in [1.29, 1.82) is 0 Å². The van der Waals surface area contributed by atoms with Crippen molar-refractivity contribution >= 4 is 40.8 Å². The maximum atomic E-state index is 13.4. The van der Waals surface area contributed by atoms with Gasteiger partial charge in [-0.1, -0.05) is 71.7 Å². The van der Waals surface area contributed by atoms with Crippen LogP contribution >= 0.6 is 23.2 Å². The summed E-state index contributed by atoms with van der Waals surface area (Å²) < 4.78 is 2.62. The molecule has 2 heterocycles. The van der Waals surface area contributed by atoms with Crippen molar-refractivity contribution in [3.8, 4) is 0 Å². The summed E-state index contributed by atoms with van der Waals surface area (Å²) in [5, 5.41) is 12.6. The van der Waals surface area contributed by atoms with Crippen LogP contribution in [0.15, 0.2) is 82.7 Å². The molecule has 3 aromatic carbocycles. The van der Waals surface area contributed by atoms with Gasteiger partial charge in [0.15, 0.2) is 0 Å². The summed E-state index contributed by atoms with van der Waals surface area (Å²) in [4.78, 5) is 25.4. The fourth-order valence-corrected chi connectivity index (χ4v) is 5.77. The lowest BCUT2D eigenvalue weighted by atomic mass is 9.75. The van der Waals surface area contributed by atoms with Gasteiger partial charge in [-0.25, -0.2) is 14.5 Å². The lowest BCUT2D eigenvalue weighted by Crippen LogP contribution is -2.38. The van der Waals surface area contributed by atoms with E-state index in [9.17, 15) is 9.59 Å². The van der Waals surface area contributed by atoms with Gasteiger partial charge in [-0.05, 0) is 59.4 Å². The second kappa shape index (κ2) is 9.45. The number of hydrogen-bond acceptors (Lipinski definition) is 5. The minimum atomic E-state index is -0.638. The third-order valence-electron chi connectivity index (χ3n) is 7.26. The number of carbonyl (C=O) groups is 1. The summed E-state index contributed by atoms with van der Waals surface area (Å²) in [6.07, 6.45) is 1.77. The number of carbonyl (C=O) groups excluding carboxylic acids is 1. The molecule has 1 amide bonds. The average molecular weight is 547 g/mol. The molecule has 1 unspecified atom stereocenters. The molecule has 4 aromatic rings. The molecule has 2 aliphatic rings. The molecule has 192 valence electrons. The van der Waals surface area contributed by atoms with E-state index in [-0.39, 0.29) is 19.0 Å². The molecule has 0 bridgehead atoms. The summed E-state index contributed by atoms with van der Waals surface area (Å²) in [6, 6.07) is 23.2. The highest BCUT2D eigenvalue weighted by atomic mass is 35.5. The Bertz CT molecular complexity index is 1620. The number of anilines is 1. The van der Waals surface area contributed by atoms with Crippen molar-refractivity contribution in [2.75, 3.05) is 11.6 Å². The number of hydrazone groups is 1. The molecule has 0 radical (unpaired) electrons. The molecular weight excluding hydrogens is 523 g/mol. The predicted molar refractivity (Wildman–Crippen MR) is 148 cm³/mol. The number of benzene rings is 3. The van der Waals surface area contributed by atoms with Gasteiger partial charge in [-0.15, -0.1) is 5.10 Å². The Morgan fingerprint density at radius 3 is 2.37 bits per heavy atom. The zero-order valence-electron chi connectivity index (χ0n) is 20.3. The van der Waals surface area contributed by atoms with Crippen LogP contribution in [0.3, 0.4) is 0 Å². The van der Waals surface area contributed by atoms with E-state index in [1.54, 1.807) is 17.1 Å². The van der Waals surface area contributed by atoms with Gasteiger partial charge in [0.25, 0.3) is 0 Å². The van der Waals surface area contributed by atoms with E-state index in [4.69, 9.17) is 34.0 Å². The number of nitrogens with zero attached hydrogens (tertiary/aromatic N) is 5. The number of rotatable bonds is 6. The first kappa shape index (κ1) is 24.5. The SMILES string of the molecule is NC(=O)Cn1c(N2CC3(CCc4ccccc43)C(c3ccc(Cl)cc3)=N2)nn(Cc2ccc(Cl)cc2)c1=O. The third kappa shape index (κ3) is 4.19. The van der Waals surface area contributed by atoms with E-state index in [0.29, 0.717) is 16.6 Å². The highest BCUT2D eigenvalue weighted by Gasteiger charge is 2.49. The smallest absolute Gasteiger partial charge is 0.348 e. The fourth-order valence-electron chi connectivity index (χ4n) is 5.52. The Hall–Kier alpha value is -3.88. The fraction of sp³-hybridized carbons (Fsp3) is 0.214. The Morgan fingerprint density at radius 1 is 0.974 bits per heavy atom. The van der Waals surface area contributed by atoms with Crippen LogP contribution in [0.5, 0.6) is 0 Å². The number of aryl methyl sites for hydroxylation is 1. The van der Waals surface area contributed by atoms with Crippen LogP contribution in [-0.2, 0) is 29.7 Å². The van der Waals surface area contributed by atoms with Crippen LogP contribution in [-0.4, -0.2) is 32.5 Å². The Balaban J connectivity index is 1.47. The molecule has 1 aliphatic heterocycles. The quantitative estimate of drug-likeness (QED) is 0.395. The first-order chi connectivity index (χ1) is 18.3. The van der Waals surface area contributed by atoms with Crippen molar-refractivity contribution < 1.29 is 4.79 Å². The van der Waals surface area contributed by atoms with Gasteiger partial charge < -0.3 is 5.73 Å². The molecule has 0 fully saturated rings. The van der Waals surface area contributed by atoms with Gasteiger partial charge in [0, 0.05) is 10.0 Å². The first-order valence-corrected chi connectivity index (χ1v) is 13.0. The van der Waals surface area contributed by atoms with Crippen molar-refractivity contribution in [1.82, 2.24) is 14.3 Å². The molecular formula is C28H24Cl2N6O2. The monoisotopic (exact) mass is 546 g/mol. The molecule has 2 N–H and O–H groups in total. The molecule has 0 saturated heterocycles. The molecule has 0 saturated carbocycles. The third-order valence-corrected chi connectivity index (χ3v) is 7.76. The van der Waals surface area contributed by atoms with Crippen molar-refractivity contribution in [2.45, 2.75) is 31.3 Å². The number of hydrogen-bond donors (Lipinski definition) is 1. The minimum Gasteiger partial charge on any atom is -0.368 e. The normalized spacial score (nSPS) is 18.2. The number of amides is 1. The maximum absolute atomic E-state index is 13.4. The topological polar surface area (TPSA) is 98.5 Å². The highest BCUT2D eigenvalue weighted by Crippen LogP contribution is 2.46. The Kier molecular flexibility index (Phi) is 6.08. The van der Waals surface area contributed by atoms with Gasteiger partial charge in [0.05, 0.1) is 24.2 Å². The van der Waals surface area contributed by atoms with Gasteiger partial charge in [-0.2, -0.15) is 5.10 Å². The van der Waals surface area contributed by atoms with Crippen molar-refractivity contribution in [2.24, 2.45) is 10.8 Å². The second-order valence-corrected chi connectivity index (χ2v) is 10.5. The number of nitrogens with two attached hydrogens (primary N) is 1. The Labute approximate surface area is 228 Å². The number of primary amides is 1. The van der Waals surface area contributed by atoms with E-state index in [0.717, 1.165) is 29.7 Å². The summed E-state index contributed by atoms with van der Waals surface area (Å²) in [5.74, 6) is -0.364. The average Bonchev–Trinajstić information content (AvgIpc) is 3.57. The minimum absolute atomic E-state index is 0.213. The molecule has 38 heavy (non-hydrogen) atoms. The van der Waals surface area contributed by atoms with E-state index >= 15 is 0 Å². The largest absolute Gasteiger partial charge is 0.368 e. The van der Waals surface area contributed by atoms with Crippen LogP contribution in [0.2, 0.25) is 10.0 Å². The summed E-state index contributed by atoms with van der Waals surface area (Å²) in [7, 11) is 0. The standard InChI is InChI=1S/C28H24Cl2N6O2/c29-21-9-5-18(6-10-21)15-35-27(38)34(16-24(31)37)26(33-35)36-17-28(14-13-19-3-1-2-4-23(19)28)25(32-36)20-7-11-22(30)12-8-20/h1-12H,13-17H2,(H2,31,37). The van der Waals surface area contributed by atoms with E-state index in [1.807, 2.05) is 48.5 Å². The predicted octanol–water partition coefficient (Wildman–Crippen LogP) is 3.99. The maximum Gasteiger partial charge on any atom is 0.348 e. The van der Waals surface area contributed by atoms with Gasteiger partial charge >= 0.3 is 5.69 Å². The van der Waals surface area contributed by atoms with E-state index in [2.05, 4.69) is 17.2 Å². The number of halogens is 2. The molecule has 1 aliphatic carbocycles. The number of fused-ring (bicyclic) bond motifs is 2. The van der Waals surface area contributed by atoms with Crippen molar-refractivity contribution in [3.05, 3.63) is 116 Å². The zero-order valence-corrected chi connectivity index (χ0v) is 21.9. The van der Waals surface area contributed by atoms with Gasteiger partial charge in [-0.3, -0.25) is 9.36 Å². The van der Waals surface area contributed by atoms with Crippen LogP contribution in [0.4, 0.5) is 5.95 Å². The molecule has 8 nitrogen and oxygen atoms in total. The summed E-state index contributed by atoms with van der Waals surface area (Å²) in [6.45, 7) is 0.378. The molecule has 1 atom stereocenters. The van der Waals surface area contributed by atoms with Crippen molar-refractivity contribution in [3.63, 3.8) is 0 Å². The van der Waals surface area contributed by atoms with E-state index in [1.165, 1.54) is 20.4 Å². The van der Waals surface area contributed by atoms with Gasteiger partial charge in [0.2, 0.25) is 11.9 Å². The Morgan fingerprint density at radius 2 is 1.66 bits per heavy atom. The molecule has 6 rings (SSSR count). The van der Waals surface area contributed by atoms with Crippen LogP contribution in [0.1, 0.15) is 28.7 Å². The molecule has 1 spiro atoms. The molecule has 1 aromatic heterocycles. The molecule has 10 heteroatoms.